The fraction of sp³-hybridized carbons (Fsp3) is 0.636. The summed E-state index contributed by atoms with van der Waals surface area (Å²) in [6, 6.07) is 3.64. The first kappa shape index (κ1) is 11.9. The van der Waals surface area contributed by atoms with Gasteiger partial charge in [0.2, 0.25) is 5.88 Å². The van der Waals surface area contributed by atoms with Crippen LogP contribution in [0, 0.1) is 5.92 Å². The van der Waals surface area contributed by atoms with Gasteiger partial charge in [0, 0.05) is 12.1 Å². The Labute approximate surface area is 90.8 Å². The minimum absolute atomic E-state index is 0.0224. The molecule has 84 valence electrons. The molecular formula is C11H19N3O. The molecule has 4 heteroatoms. The molecule has 2 N–H and O–H groups in total. The van der Waals surface area contributed by atoms with Crippen LogP contribution in [0.25, 0.3) is 0 Å². The molecule has 4 nitrogen and oxygen atoms in total. The Balaban J connectivity index is 2.54. The van der Waals surface area contributed by atoms with Crippen LogP contribution in [0.1, 0.15) is 38.4 Å². The van der Waals surface area contributed by atoms with E-state index >= 15 is 0 Å². The minimum atomic E-state index is -0.0224. The number of methoxy groups -OCH3 is 1. The summed E-state index contributed by atoms with van der Waals surface area (Å²) in [4.78, 5) is 0. The Kier molecular flexibility index (Phi) is 4.49. The fourth-order valence-electron chi connectivity index (χ4n) is 1.30. The SMILES string of the molecule is COc1ccc(C(N)CCC(C)C)nn1. The largest absolute Gasteiger partial charge is 0.480 e. The van der Waals surface area contributed by atoms with Gasteiger partial charge < -0.3 is 10.5 Å². The molecule has 0 spiro atoms. The minimum Gasteiger partial charge on any atom is -0.480 e. The number of hydrogen-bond donors (Lipinski definition) is 1. The first-order valence-electron chi connectivity index (χ1n) is 5.26. The summed E-state index contributed by atoms with van der Waals surface area (Å²) in [5, 5.41) is 7.92. The monoisotopic (exact) mass is 209 g/mol. The zero-order chi connectivity index (χ0) is 11.3. The maximum Gasteiger partial charge on any atom is 0.233 e. The predicted octanol–water partition coefficient (Wildman–Crippen LogP) is 1.92. The second-order valence-corrected chi connectivity index (χ2v) is 4.08. The van der Waals surface area contributed by atoms with Gasteiger partial charge in [-0.3, -0.25) is 0 Å². The summed E-state index contributed by atoms with van der Waals surface area (Å²) in [5.41, 5.74) is 6.82. The molecule has 0 radical (unpaired) electrons. The Morgan fingerprint density at radius 1 is 1.27 bits per heavy atom. The van der Waals surface area contributed by atoms with Crippen LogP contribution in [0.4, 0.5) is 0 Å². The lowest BCUT2D eigenvalue weighted by Crippen LogP contribution is -2.13. The predicted molar refractivity (Wildman–Crippen MR) is 59.6 cm³/mol. The normalized spacial score (nSPS) is 12.9. The van der Waals surface area contributed by atoms with Gasteiger partial charge in [0.1, 0.15) is 0 Å². The van der Waals surface area contributed by atoms with E-state index in [2.05, 4.69) is 24.0 Å². The van der Waals surface area contributed by atoms with Crippen molar-refractivity contribution in [3.8, 4) is 5.88 Å². The Morgan fingerprint density at radius 3 is 2.47 bits per heavy atom. The van der Waals surface area contributed by atoms with E-state index < -0.39 is 0 Å². The smallest absolute Gasteiger partial charge is 0.233 e. The lowest BCUT2D eigenvalue weighted by atomic mass is 10.0. The van der Waals surface area contributed by atoms with Crippen molar-refractivity contribution in [2.24, 2.45) is 11.7 Å². The van der Waals surface area contributed by atoms with Gasteiger partial charge in [-0.05, 0) is 24.8 Å². The highest BCUT2D eigenvalue weighted by molar-refractivity contribution is 5.13. The van der Waals surface area contributed by atoms with E-state index in [0.717, 1.165) is 18.5 Å². The number of aromatic nitrogens is 2. The van der Waals surface area contributed by atoms with Gasteiger partial charge >= 0.3 is 0 Å². The van der Waals surface area contributed by atoms with Gasteiger partial charge in [0.25, 0.3) is 0 Å². The van der Waals surface area contributed by atoms with Gasteiger partial charge in [-0.15, -0.1) is 5.10 Å². The summed E-state index contributed by atoms with van der Waals surface area (Å²) in [7, 11) is 1.57. The van der Waals surface area contributed by atoms with Crippen molar-refractivity contribution in [2.75, 3.05) is 7.11 Å². The van der Waals surface area contributed by atoms with E-state index in [1.54, 1.807) is 13.2 Å². The van der Waals surface area contributed by atoms with Crippen molar-refractivity contribution in [1.82, 2.24) is 10.2 Å². The summed E-state index contributed by atoms with van der Waals surface area (Å²) in [6.07, 6.45) is 2.05. The van der Waals surface area contributed by atoms with E-state index in [4.69, 9.17) is 10.5 Å². The highest BCUT2D eigenvalue weighted by Gasteiger charge is 2.09. The molecule has 0 aliphatic heterocycles. The molecule has 1 aromatic heterocycles. The quantitative estimate of drug-likeness (QED) is 0.804. The average Bonchev–Trinajstić information content (AvgIpc) is 2.26. The van der Waals surface area contributed by atoms with Crippen molar-refractivity contribution in [3.63, 3.8) is 0 Å². The molecule has 15 heavy (non-hydrogen) atoms. The number of hydrogen-bond acceptors (Lipinski definition) is 4. The molecule has 0 fully saturated rings. The molecule has 1 rings (SSSR count). The Morgan fingerprint density at radius 2 is 2.00 bits per heavy atom. The molecule has 0 amide bonds. The number of nitrogens with two attached hydrogens (primary N) is 1. The molecule has 1 unspecified atom stereocenters. The maximum atomic E-state index is 5.99. The second kappa shape index (κ2) is 5.66. The Bertz CT molecular complexity index is 284. The highest BCUT2D eigenvalue weighted by atomic mass is 16.5. The number of nitrogens with zero attached hydrogens (tertiary/aromatic N) is 2. The lowest BCUT2D eigenvalue weighted by molar-refractivity contribution is 0.389. The molecule has 1 atom stereocenters. The van der Waals surface area contributed by atoms with Crippen LogP contribution < -0.4 is 10.5 Å². The van der Waals surface area contributed by atoms with Crippen LogP contribution in [-0.2, 0) is 0 Å². The molecule has 0 aliphatic carbocycles. The summed E-state index contributed by atoms with van der Waals surface area (Å²) in [6.45, 7) is 4.37. The van der Waals surface area contributed by atoms with E-state index in [-0.39, 0.29) is 6.04 Å². The molecular weight excluding hydrogens is 190 g/mol. The molecule has 1 aromatic rings. The van der Waals surface area contributed by atoms with Crippen molar-refractivity contribution in [2.45, 2.75) is 32.7 Å². The van der Waals surface area contributed by atoms with Gasteiger partial charge in [-0.1, -0.05) is 13.8 Å². The zero-order valence-corrected chi connectivity index (χ0v) is 9.60. The standard InChI is InChI=1S/C11H19N3O/c1-8(2)4-5-9(12)10-6-7-11(15-3)14-13-10/h6-9H,4-5,12H2,1-3H3. The van der Waals surface area contributed by atoms with Crippen LogP contribution in [0.3, 0.4) is 0 Å². The van der Waals surface area contributed by atoms with Crippen LogP contribution in [0.5, 0.6) is 5.88 Å². The lowest BCUT2D eigenvalue weighted by Gasteiger charge is -2.11. The topological polar surface area (TPSA) is 61.0 Å². The van der Waals surface area contributed by atoms with Crippen molar-refractivity contribution in [3.05, 3.63) is 17.8 Å². The van der Waals surface area contributed by atoms with Gasteiger partial charge in [0.05, 0.1) is 12.8 Å². The molecule has 0 aliphatic rings. The average molecular weight is 209 g/mol. The fourth-order valence-corrected chi connectivity index (χ4v) is 1.30. The number of ether oxygens (including phenoxy) is 1. The van der Waals surface area contributed by atoms with Crippen LogP contribution in [0.15, 0.2) is 12.1 Å². The third kappa shape index (κ3) is 3.83. The van der Waals surface area contributed by atoms with E-state index in [9.17, 15) is 0 Å². The van der Waals surface area contributed by atoms with Crippen molar-refractivity contribution >= 4 is 0 Å². The first-order chi connectivity index (χ1) is 7.13. The zero-order valence-electron chi connectivity index (χ0n) is 9.60. The highest BCUT2D eigenvalue weighted by Crippen LogP contribution is 2.17. The van der Waals surface area contributed by atoms with Crippen LogP contribution >= 0.6 is 0 Å². The molecule has 0 bridgehead atoms. The molecule has 1 heterocycles. The van der Waals surface area contributed by atoms with Crippen LogP contribution in [0.2, 0.25) is 0 Å². The maximum absolute atomic E-state index is 5.99. The third-order valence-electron chi connectivity index (χ3n) is 2.30. The van der Waals surface area contributed by atoms with E-state index in [0.29, 0.717) is 11.8 Å². The van der Waals surface area contributed by atoms with Crippen molar-refractivity contribution < 1.29 is 4.74 Å². The first-order valence-corrected chi connectivity index (χ1v) is 5.26. The summed E-state index contributed by atoms with van der Waals surface area (Å²) < 4.78 is 4.93. The van der Waals surface area contributed by atoms with Gasteiger partial charge in [0.15, 0.2) is 0 Å². The van der Waals surface area contributed by atoms with Crippen molar-refractivity contribution in [1.29, 1.82) is 0 Å². The summed E-state index contributed by atoms with van der Waals surface area (Å²) >= 11 is 0. The van der Waals surface area contributed by atoms with E-state index in [1.807, 2.05) is 6.07 Å². The van der Waals surface area contributed by atoms with E-state index in [1.165, 1.54) is 0 Å². The molecule has 0 saturated heterocycles. The summed E-state index contributed by atoms with van der Waals surface area (Å²) in [5.74, 6) is 1.19. The Hall–Kier alpha value is -1.16. The third-order valence-corrected chi connectivity index (χ3v) is 2.30. The molecule has 0 saturated carbocycles. The number of rotatable bonds is 5. The second-order valence-electron chi connectivity index (χ2n) is 4.08. The molecule has 0 aromatic carbocycles. The van der Waals surface area contributed by atoms with Gasteiger partial charge in [-0.2, -0.15) is 5.10 Å². The van der Waals surface area contributed by atoms with Gasteiger partial charge in [-0.25, -0.2) is 0 Å². The van der Waals surface area contributed by atoms with Crippen LogP contribution in [-0.4, -0.2) is 17.3 Å².